The zero-order valence-electron chi connectivity index (χ0n) is 15.8. The third-order valence-electron chi connectivity index (χ3n) is 5.72. The van der Waals surface area contributed by atoms with Crippen molar-refractivity contribution in [2.75, 3.05) is 11.9 Å². The molecule has 1 fully saturated rings. The molecule has 0 unspecified atom stereocenters. The summed E-state index contributed by atoms with van der Waals surface area (Å²) in [6.45, 7) is 2.93. The van der Waals surface area contributed by atoms with Crippen LogP contribution >= 0.6 is 0 Å². The van der Waals surface area contributed by atoms with E-state index in [2.05, 4.69) is 5.32 Å². The summed E-state index contributed by atoms with van der Waals surface area (Å²) in [5.41, 5.74) is 2.89. The Balaban J connectivity index is 1.43. The first kappa shape index (κ1) is 17.8. The molecule has 142 valence electrons. The number of carbonyl (C=O) groups is 2. The summed E-state index contributed by atoms with van der Waals surface area (Å²) >= 11 is 0. The smallest absolute Gasteiger partial charge is 0.227 e. The Hall–Kier alpha value is -2.56. The van der Waals surface area contributed by atoms with Crippen LogP contribution in [0.4, 0.5) is 5.69 Å². The van der Waals surface area contributed by atoms with Crippen LogP contribution in [0.15, 0.2) is 34.7 Å². The van der Waals surface area contributed by atoms with Crippen LogP contribution in [0, 0.1) is 5.92 Å². The summed E-state index contributed by atoms with van der Waals surface area (Å²) in [4.78, 5) is 25.8. The fourth-order valence-electron chi connectivity index (χ4n) is 4.07. The molecule has 2 heterocycles. The minimum atomic E-state index is 0.0986. The van der Waals surface area contributed by atoms with Gasteiger partial charge in [-0.15, -0.1) is 0 Å². The van der Waals surface area contributed by atoms with Crippen LogP contribution in [0.5, 0.6) is 0 Å². The SMILES string of the molecule is CC(=O)N1CCc2oc(-c3ccc(NC(=O)C4CCCCC4)cc3)cc2C1. The van der Waals surface area contributed by atoms with Crippen molar-refractivity contribution in [1.29, 1.82) is 0 Å². The molecule has 0 atom stereocenters. The highest BCUT2D eigenvalue weighted by Crippen LogP contribution is 2.31. The van der Waals surface area contributed by atoms with Crippen molar-refractivity contribution in [3.05, 3.63) is 41.7 Å². The number of furan rings is 1. The number of amides is 2. The van der Waals surface area contributed by atoms with Crippen molar-refractivity contribution in [1.82, 2.24) is 4.90 Å². The van der Waals surface area contributed by atoms with Crippen molar-refractivity contribution in [3.63, 3.8) is 0 Å². The van der Waals surface area contributed by atoms with Gasteiger partial charge in [0, 0.05) is 49.2 Å². The van der Waals surface area contributed by atoms with E-state index >= 15 is 0 Å². The Morgan fingerprint density at radius 1 is 1.11 bits per heavy atom. The van der Waals surface area contributed by atoms with Gasteiger partial charge in [-0.25, -0.2) is 0 Å². The van der Waals surface area contributed by atoms with Crippen molar-refractivity contribution < 1.29 is 14.0 Å². The lowest BCUT2D eigenvalue weighted by Crippen LogP contribution is -2.33. The van der Waals surface area contributed by atoms with E-state index < -0.39 is 0 Å². The van der Waals surface area contributed by atoms with Crippen LogP contribution in [-0.2, 0) is 22.6 Å². The molecule has 0 radical (unpaired) electrons. The van der Waals surface area contributed by atoms with Gasteiger partial charge in [-0.1, -0.05) is 19.3 Å². The van der Waals surface area contributed by atoms with Gasteiger partial charge >= 0.3 is 0 Å². The van der Waals surface area contributed by atoms with Gasteiger partial charge in [0.25, 0.3) is 0 Å². The van der Waals surface area contributed by atoms with E-state index in [1.165, 1.54) is 6.42 Å². The van der Waals surface area contributed by atoms with Gasteiger partial charge in [-0.2, -0.15) is 0 Å². The second kappa shape index (κ2) is 7.59. The summed E-state index contributed by atoms with van der Waals surface area (Å²) in [6, 6.07) is 9.84. The third-order valence-corrected chi connectivity index (χ3v) is 5.72. The van der Waals surface area contributed by atoms with Crippen LogP contribution in [-0.4, -0.2) is 23.3 Å². The molecule has 1 saturated carbocycles. The number of fused-ring (bicyclic) bond motifs is 1. The number of carbonyl (C=O) groups excluding carboxylic acids is 2. The molecule has 2 aromatic rings. The van der Waals surface area contributed by atoms with E-state index in [9.17, 15) is 9.59 Å². The van der Waals surface area contributed by atoms with Crippen molar-refractivity contribution >= 4 is 17.5 Å². The highest BCUT2D eigenvalue weighted by molar-refractivity contribution is 5.92. The average molecular weight is 366 g/mol. The van der Waals surface area contributed by atoms with Gasteiger partial charge in [0.2, 0.25) is 11.8 Å². The topological polar surface area (TPSA) is 62.6 Å². The molecule has 1 aromatic carbocycles. The molecular weight excluding hydrogens is 340 g/mol. The highest BCUT2D eigenvalue weighted by atomic mass is 16.3. The molecule has 4 rings (SSSR count). The van der Waals surface area contributed by atoms with Crippen LogP contribution in [0.2, 0.25) is 0 Å². The van der Waals surface area contributed by atoms with E-state index in [1.54, 1.807) is 6.92 Å². The first-order valence-electron chi connectivity index (χ1n) is 9.88. The fraction of sp³-hybridized carbons (Fsp3) is 0.455. The van der Waals surface area contributed by atoms with Gasteiger partial charge in [-0.3, -0.25) is 9.59 Å². The number of nitrogens with one attached hydrogen (secondary N) is 1. The molecule has 5 nitrogen and oxygen atoms in total. The summed E-state index contributed by atoms with van der Waals surface area (Å²) in [6.07, 6.45) is 6.31. The zero-order chi connectivity index (χ0) is 18.8. The Kier molecular flexibility index (Phi) is 5.01. The summed E-state index contributed by atoms with van der Waals surface area (Å²) in [5.74, 6) is 2.17. The molecule has 1 aliphatic carbocycles. The minimum Gasteiger partial charge on any atom is -0.461 e. The van der Waals surface area contributed by atoms with Crippen LogP contribution in [0.25, 0.3) is 11.3 Å². The van der Waals surface area contributed by atoms with Crippen molar-refractivity contribution in [3.8, 4) is 11.3 Å². The van der Waals surface area contributed by atoms with Gasteiger partial charge in [0.1, 0.15) is 11.5 Å². The molecule has 1 N–H and O–H groups in total. The van der Waals surface area contributed by atoms with Crippen LogP contribution < -0.4 is 5.32 Å². The van der Waals surface area contributed by atoms with E-state index in [1.807, 2.05) is 35.2 Å². The molecule has 1 aliphatic heterocycles. The Bertz CT molecular complexity index is 832. The van der Waals surface area contributed by atoms with Gasteiger partial charge in [0.15, 0.2) is 0 Å². The predicted molar refractivity (Wildman–Crippen MR) is 104 cm³/mol. The number of hydrogen-bond acceptors (Lipinski definition) is 3. The second-order valence-corrected chi connectivity index (χ2v) is 7.65. The monoisotopic (exact) mass is 366 g/mol. The molecule has 5 heteroatoms. The first-order valence-corrected chi connectivity index (χ1v) is 9.88. The second-order valence-electron chi connectivity index (χ2n) is 7.65. The molecular formula is C22H26N2O3. The molecule has 27 heavy (non-hydrogen) atoms. The largest absolute Gasteiger partial charge is 0.461 e. The summed E-state index contributed by atoms with van der Waals surface area (Å²) < 4.78 is 6.01. The standard InChI is InChI=1S/C22H26N2O3/c1-15(25)24-12-11-20-18(14-24)13-21(27-20)16-7-9-19(10-8-16)23-22(26)17-5-3-2-4-6-17/h7-10,13,17H,2-6,11-12,14H2,1H3,(H,23,26). The highest BCUT2D eigenvalue weighted by Gasteiger charge is 2.23. The van der Waals surface area contributed by atoms with E-state index in [0.717, 1.165) is 60.4 Å². The van der Waals surface area contributed by atoms with E-state index in [0.29, 0.717) is 13.1 Å². The van der Waals surface area contributed by atoms with E-state index in [-0.39, 0.29) is 17.7 Å². The first-order chi connectivity index (χ1) is 13.1. The van der Waals surface area contributed by atoms with Crippen molar-refractivity contribution in [2.45, 2.75) is 52.0 Å². The lowest BCUT2D eigenvalue weighted by atomic mass is 9.88. The minimum absolute atomic E-state index is 0.0986. The Labute approximate surface area is 159 Å². The van der Waals surface area contributed by atoms with Crippen molar-refractivity contribution in [2.24, 2.45) is 5.92 Å². The Morgan fingerprint density at radius 3 is 2.56 bits per heavy atom. The van der Waals surface area contributed by atoms with Gasteiger partial charge in [0.05, 0.1) is 0 Å². The Morgan fingerprint density at radius 2 is 1.85 bits per heavy atom. The van der Waals surface area contributed by atoms with Gasteiger partial charge < -0.3 is 14.6 Å². The fourth-order valence-corrected chi connectivity index (χ4v) is 4.07. The zero-order valence-corrected chi connectivity index (χ0v) is 15.8. The maximum absolute atomic E-state index is 12.4. The van der Waals surface area contributed by atoms with E-state index in [4.69, 9.17) is 4.42 Å². The summed E-state index contributed by atoms with van der Waals surface area (Å²) in [5, 5.41) is 3.04. The van der Waals surface area contributed by atoms with Gasteiger partial charge in [-0.05, 0) is 43.2 Å². The lowest BCUT2D eigenvalue weighted by Gasteiger charge is -2.24. The number of nitrogens with zero attached hydrogens (tertiary/aromatic N) is 1. The van der Waals surface area contributed by atoms with Crippen LogP contribution in [0.3, 0.4) is 0 Å². The predicted octanol–water partition coefficient (Wildman–Crippen LogP) is 4.37. The quantitative estimate of drug-likeness (QED) is 0.877. The molecule has 2 amide bonds. The molecule has 0 spiro atoms. The maximum atomic E-state index is 12.4. The molecule has 0 saturated heterocycles. The molecule has 1 aromatic heterocycles. The van der Waals surface area contributed by atoms with Crippen LogP contribution in [0.1, 0.15) is 50.4 Å². The summed E-state index contributed by atoms with van der Waals surface area (Å²) in [7, 11) is 0. The number of anilines is 1. The lowest BCUT2D eigenvalue weighted by molar-refractivity contribution is -0.129. The maximum Gasteiger partial charge on any atom is 0.227 e. The number of rotatable bonds is 3. The number of benzene rings is 1. The molecule has 0 bridgehead atoms. The normalized spacial score (nSPS) is 17.4. The molecule has 2 aliphatic rings. The number of hydrogen-bond donors (Lipinski definition) is 1. The average Bonchev–Trinajstić information content (AvgIpc) is 3.12. The third kappa shape index (κ3) is 3.92.